The first-order chi connectivity index (χ1) is 9.13. The van der Waals surface area contributed by atoms with E-state index in [0.717, 1.165) is 12.8 Å². The lowest BCUT2D eigenvalue weighted by atomic mass is 10.2. The van der Waals surface area contributed by atoms with Crippen LogP contribution in [0.5, 0.6) is 5.75 Å². The van der Waals surface area contributed by atoms with E-state index in [0.29, 0.717) is 11.3 Å². The number of hydrogen-bond donors (Lipinski definition) is 1. The smallest absolute Gasteiger partial charge is 0.259 e. The summed E-state index contributed by atoms with van der Waals surface area (Å²) in [6.07, 6.45) is 0. The molecule has 0 aromatic heterocycles. The molecule has 0 spiro atoms. The van der Waals surface area contributed by atoms with E-state index in [-0.39, 0.29) is 5.91 Å². The van der Waals surface area contributed by atoms with Crippen LogP contribution in [0.2, 0.25) is 0 Å². The van der Waals surface area contributed by atoms with Gasteiger partial charge in [0, 0.05) is 9.26 Å². The van der Waals surface area contributed by atoms with Crippen molar-refractivity contribution in [3.05, 3.63) is 55.2 Å². The first-order valence-electron chi connectivity index (χ1n) is 5.26. The Morgan fingerprint density at radius 1 is 1.05 bits per heavy atom. The molecule has 0 fully saturated rings. The number of nitrogens with one attached hydrogen (secondary N) is 1. The number of amides is 1. The lowest BCUT2D eigenvalue weighted by Crippen LogP contribution is -2.13. The number of rotatable bonds is 3. The van der Waals surface area contributed by atoms with Gasteiger partial charge in [-0.2, -0.15) is 0 Å². The molecule has 0 heterocycles. The zero-order valence-corrected chi connectivity index (χ0v) is 16.0. The lowest BCUT2D eigenvalue weighted by Gasteiger charge is -2.10. The highest BCUT2D eigenvalue weighted by atomic mass is 127. The van der Waals surface area contributed by atoms with Crippen molar-refractivity contribution >= 4 is 79.8 Å². The monoisotopic (exact) mass is 591 g/mol. The largest absolute Gasteiger partial charge is 0.426 e. The molecule has 2 rings (SSSR count). The van der Waals surface area contributed by atoms with Gasteiger partial charge < -0.3 is 8.38 Å². The molecule has 0 saturated heterocycles. The molecule has 0 unspecified atom stereocenters. The Balaban J connectivity index is 2.32. The average Bonchev–Trinajstić information content (AvgIpc) is 2.42. The standard InChI is InChI=1S/C13H8I3NO2/c14-10-7-6-9(12(19-16)11(10)15)13(18)17-8-4-2-1-3-5-8/h1-7H,(H,17,18). The molecule has 2 aromatic carbocycles. The summed E-state index contributed by atoms with van der Waals surface area (Å²) in [5.41, 5.74) is 1.29. The number of hydrogen-bond acceptors (Lipinski definition) is 2. The molecule has 98 valence electrons. The van der Waals surface area contributed by atoms with Crippen molar-refractivity contribution < 1.29 is 7.86 Å². The maximum Gasteiger partial charge on any atom is 0.259 e. The van der Waals surface area contributed by atoms with Gasteiger partial charge in [0.2, 0.25) is 0 Å². The second-order valence-electron chi connectivity index (χ2n) is 3.64. The average molecular weight is 591 g/mol. The minimum atomic E-state index is -0.174. The van der Waals surface area contributed by atoms with Crippen LogP contribution in [-0.4, -0.2) is 5.91 Å². The summed E-state index contributed by atoms with van der Waals surface area (Å²) in [7, 11) is 0. The normalized spacial score (nSPS) is 10.1. The van der Waals surface area contributed by atoms with Gasteiger partial charge in [-0.25, -0.2) is 0 Å². The zero-order valence-electron chi connectivity index (χ0n) is 9.49. The predicted molar refractivity (Wildman–Crippen MR) is 101 cm³/mol. The van der Waals surface area contributed by atoms with Crippen LogP contribution in [-0.2, 0) is 0 Å². The Kier molecular flexibility index (Phi) is 5.69. The summed E-state index contributed by atoms with van der Waals surface area (Å²) >= 11 is 6.19. The van der Waals surface area contributed by atoms with Crippen molar-refractivity contribution in [1.29, 1.82) is 0 Å². The van der Waals surface area contributed by atoms with E-state index < -0.39 is 0 Å². The maximum absolute atomic E-state index is 12.3. The first kappa shape index (κ1) is 15.3. The highest BCUT2D eigenvalue weighted by molar-refractivity contribution is 14.1. The topological polar surface area (TPSA) is 38.3 Å². The van der Waals surface area contributed by atoms with E-state index in [1.807, 2.05) is 36.4 Å². The summed E-state index contributed by atoms with van der Waals surface area (Å²) in [6, 6.07) is 13.0. The van der Waals surface area contributed by atoms with Crippen LogP contribution in [0, 0.1) is 7.14 Å². The van der Waals surface area contributed by atoms with Crippen molar-refractivity contribution in [3.8, 4) is 5.75 Å². The van der Waals surface area contributed by atoms with Crippen molar-refractivity contribution in [2.24, 2.45) is 0 Å². The minimum Gasteiger partial charge on any atom is -0.426 e. The second kappa shape index (κ2) is 7.07. The van der Waals surface area contributed by atoms with Crippen LogP contribution in [0.1, 0.15) is 10.4 Å². The van der Waals surface area contributed by atoms with Crippen molar-refractivity contribution in [1.82, 2.24) is 0 Å². The molecule has 0 aliphatic carbocycles. The number of halogens is 3. The third-order valence-electron chi connectivity index (χ3n) is 2.40. The Morgan fingerprint density at radius 3 is 2.37 bits per heavy atom. The number of benzene rings is 2. The van der Waals surface area contributed by atoms with E-state index in [9.17, 15) is 4.79 Å². The molecule has 1 N–H and O–H groups in total. The number of carbonyl (C=O) groups excluding carboxylic acids is 1. The minimum absolute atomic E-state index is 0.174. The Bertz CT molecular complexity index is 602. The lowest BCUT2D eigenvalue weighted by molar-refractivity contribution is 0.102. The molecule has 0 radical (unpaired) electrons. The molecule has 0 aliphatic heterocycles. The van der Waals surface area contributed by atoms with Gasteiger partial charge >= 0.3 is 0 Å². The summed E-state index contributed by atoms with van der Waals surface area (Å²) in [5.74, 6) is 0.425. The van der Waals surface area contributed by atoms with E-state index in [1.165, 1.54) is 0 Å². The van der Waals surface area contributed by atoms with E-state index >= 15 is 0 Å². The van der Waals surface area contributed by atoms with Crippen molar-refractivity contribution in [2.45, 2.75) is 0 Å². The third-order valence-corrected chi connectivity index (χ3v) is 5.85. The van der Waals surface area contributed by atoms with Crippen LogP contribution in [0.4, 0.5) is 5.69 Å². The third kappa shape index (κ3) is 3.72. The summed E-state index contributed by atoms with van der Waals surface area (Å²) < 4.78 is 7.31. The molecule has 0 bridgehead atoms. The number of anilines is 1. The van der Waals surface area contributed by atoms with E-state index in [1.54, 1.807) is 29.1 Å². The van der Waals surface area contributed by atoms with Gasteiger partial charge in [0.05, 0.1) is 9.13 Å². The molecule has 0 aliphatic rings. The highest BCUT2D eigenvalue weighted by Crippen LogP contribution is 2.31. The predicted octanol–water partition coefficient (Wildman–Crippen LogP) is 4.88. The second-order valence-corrected chi connectivity index (χ2v) is 6.32. The quantitative estimate of drug-likeness (QED) is 0.518. The molecule has 2 aromatic rings. The van der Waals surface area contributed by atoms with Gasteiger partial charge in [-0.1, -0.05) is 18.2 Å². The molecule has 19 heavy (non-hydrogen) atoms. The van der Waals surface area contributed by atoms with E-state index in [4.69, 9.17) is 3.07 Å². The summed E-state index contributed by atoms with van der Waals surface area (Å²) in [5, 5.41) is 2.85. The van der Waals surface area contributed by atoms with Crippen molar-refractivity contribution in [3.63, 3.8) is 0 Å². The van der Waals surface area contributed by atoms with Gasteiger partial charge in [-0.15, -0.1) is 0 Å². The number of para-hydroxylation sites is 1. The first-order valence-corrected chi connectivity index (χ1v) is 8.30. The SMILES string of the molecule is O=C(Nc1ccccc1)c1ccc(I)c(I)c1OI. The Labute approximate surface area is 152 Å². The fraction of sp³-hybridized carbons (Fsp3) is 0. The highest BCUT2D eigenvalue weighted by Gasteiger charge is 2.17. The molecule has 0 saturated carbocycles. The summed E-state index contributed by atoms with van der Waals surface area (Å²) in [6.45, 7) is 0. The van der Waals surface area contributed by atoms with Crippen LogP contribution >= 0.6 is 68.2 Å². The molecular formula is C13H8I3NO2. The summed E-state index contributed by atoms with van der Waals surface area (Å²) in [4.78, 5) is 12.3. The Hall–Kier alpha value is -0.1000. The van der Waals surface area contributed by atoms with Gasteiger partial charge in [0.1, 0.15) is 0 Å². The molecule has 1 amide bonds. The fourth-order valence-corrected chi connectivity index (χ4v) is 3.39. The van der Waals surface area contributed by atoms with E-state index in [2.05, 4.69) is 50.5 Å². The van der Waals surface area contributed by atoms with Crippen LogP contribution in [0.25, 0.3) is 0 Å². The van der Waals surface area contributed by atoms with Crippen LogP contribution in [0.15, 0.2) is 42.5 Å². The molecule has 6 heteroatoms. The number of carbonyl (C=O) groups is 1. The zero-order chi connectivity index (χ0) is 13.8. The molecule has 3 nitrogen and oxygen atoms in total. The van der Waals surface area contributed by atoms with Gasteiger partial charge in [-0.3, -0.25) is 4.79 Å². The maximum atomic E-state index is 12.3. The van der Waals surface area contributed by atoms with Gasteiger partial charge in [-0.05, 0) is 69.4 Å². The fourth-order valence-electron chi connectivity index (χ4n) is 1.51. The van der Waals surface area contributed by atoms with Crippen molar-refractivity contribution in [2.75, 3.05) is 5.32 Å². The van der Waals surface area contributed by atoms with Gasteiger partial charge in [0.25, 0.3) is 5.91 Å². The molecule has 0 atom stereocenters. The Morgan fingerprint density at radius 2 is 1.74 bits per heavy atom. The van der Waals surface area contributed by atoms with Gasteiger partial charge in [0.15, 0.2) is 28.8 Å². The molecular weight excluding hydrogens is 583 g/mol. The van der Waals surface area contributed by atoms with Crippen LogP contribution < -0.4 is 8.38 Å². The van der Waals surface area contributed by atoms with Crippen LogP contribution in [0.3, 0.4) is 0 Å².